The monoisotopic (exact) mass is 758 g/mol. The highest BCUT2D eigenvalue weighted by molar-refractivity contribution is 6.12. The van der Waals surface area contributed by atoms with Crippen LogP contribution in [0.1, 0.15) is 70.5 Å². The molecule has 0 spiro atoms. The summed E-state index contributed by atoms with van der Waals surface area (Å²) in [5, 5.41) is 2.80. The summed E-state index contributed by atoms with van der Waals surface area (Å²) in [6.45, 7) is 3.36. The molecule has 55 heavy (non-hydrogen) atoms. The van der Waals surface area contributed by atoms with Crippen LogP contribution in [0.5, 0.6) is 0 Å². The van der Waals surface area contributed by atoms with Crippen LogP contribution < -0.4 is 5.32 Å². The molecule has 4 aromatic carbocycles. The summed E-state index contributed by atoms with van der Waals surface area (Å²) in [5.41, 5.74) is -1.14. The molecule has 1 aliphatic heterocycles. The van der Waals surface area contributed by atoms with Crippen LogP contribution in [0.4, 0.5) is 18.9 Å². The van der Waals surface area contributed by atoms with Crippen LogP contribution in [0.25, 0.3) is 11.1 Å². The Balaban J connectivity index is 1.42. The first-order valence-corrected chi connectivity index (χ1v) is 17.9. The number of piperidine rings is 1. The molecule has 0 saturated carbocycles. The van der Waals surface area contributed by atoms with Crippen molar-refractivity contribution in [2.45, 2.75) is 51.1 Å². The van der Waals surface area contributed by atoms with Crippen molar-refractivity contribution in [1.29, 1.82) is 0 Å². The number of carbonyl (C=O) groups is 5. The number of amides is 2. The summed E-state index contributed by atoms with van der Waals surface area (Å²) in [6, 6.07) is 23.4. The van der Waals surface area contributed by atoms with E-state index in [1.165, 1.54) is 48.5 Å². The molecule has 0 atom stereocenters. The quantitative estimate of drug-likeness (QED) is 0.0849. The molecule has 1 fully saturated rings. The number of carbonyl (C=O) groups excluding carboxylic acids is 5. The van der Waals surface area contributed by atoms with E-state index in [4.69, 9.17) is 14.2 Å². The maximum absolute atomic E-state index is 13.9. The van der Waals surface area contributed by atoms with E-state index in [0.29, 0.717) is 29.8 Å². The van der Waals surface area contributed by atoms with Crippen LogP contribution in [0.3, 0.4) is 0 Å². The molecule has 10 nitrogen and oxygen atoms in total. The number of alkyl halides is 3. The van der Waals surface area contributed by atoms with Gasteiger partial charge in [-0.15, -0.1) is 0 Å². The molecule has 0 radical (unpaired) electrons. The van der Waals surface area contributed by atoms with E-state index in [1.54, 1.807) is 55.1 Å². The number of likely N-dealkylation sites (tertiary alicyclic amines) is 1. The van der Waals surface area contributed by atoms with Gasteiger partial charge in [0.15, 0.2) is 0 Å². The number of hydrogen-bond donors (Lipinski definition) is 1. The number of halogens is 3. The Kier molecular flexibility index (Phi) is 13.1. The zero-order chi connectivity index (χ0) is 39.6. The summed E-state index contributed by atoms with van der Waals surface area (Å²) >= 11 is 0. The summed E-state index contributed by atoms with van der Waals surface area (Å²) in [7, 11) is 0. The van der Waals surface area contributed by atoms with Crippen LogP contribution in [-0.2, 0) is 46.6 Å². The lowest BCUT2D eigenvalue weighted by atomic mass is 9.81. The average Bonchev–Trinajstić information content (AvgIpc) is 3.19. The van der Waals surface area contributed by atoms with Crippen LogP contribution >= 0.6 is 0 Å². The van der Waals surface area contributed by atoms with Gasteiger partial charge >= 0.3 is 24.1 Å². The van der Waals surface area contributed by atoms with Crippen molar-refractivity contribution >= 4 is 35.4 Å². The summed E-state index contributed by atoms with van der Waals surface area (Å²) < 4.78 is 55.7. The van der Waals surface area contributed by atoms with Gasteiger partial charge in [0, 0.05) is 18.7 Å². The van der Waals surface area contributed by atoms with Crippen molar-refractivity contribution in [2.24, 2.45) is 0 Å². The fourth-order valence-electron chi connectivity index (χ4n) is 6.37. The highest BCUT2D eigenvalue weighted by atomic mass is 19.4. The number of rotatable bonds is 13. The zero-order valence-electron chi connectivity index (χ0n) is 30.4. The minimum atomic E-state index is -4.52. The van der Waals surface area contributed by atoms with E-state index in [2.05, 4.69) is 5.32 Å². The third kappa shape index (κ3) is 9.40. The molecule has 0 bridgehead atoms. The average molecular weight is 759 g/mol. The maximum atomic E-state index is 13.9. The van der Waals surface area contributed by atoms with Gasteiger partial charge in [0.2, 0.25) is 5.41 Å². The number of nitrogens with zero attached hydrogens (tertiary/aromatic N) is 1. The Labute approximate surface area is 316 Å². The van der Waals surface area contributed by atoms with Gasteiger partial charge < -0.3 is 24.4 Å². The van der Waals surface area contributed by atoms with E-state index in [1.807, 2.05) is 0 Å². The molecule has 1 aliphatic rings. The van der Waals surface area contributed by atoms with Gasteiger partial charge in [-0.2, -0.15) is 13.2 Å². The van der Waals surface area contributed by atoms with E-state index >= 15 is 0 Å². The molecule has 1 saturated heterocycles. The van der Waals surface area contributed by atoms with Gasteiger partial charge in [0.1, 0.15) is 6.61 Å². The van der Waals surface area contributed by atoms with Crippen molar-refractivity contribution in [3.63, 3.8) is 0 Å². The van der Waals surface area contributed by atoms with Crippen LogP contribution in [-0.4, -0.2) is 67.5 Å². The fraction of sp³-hybridized carbons (Fsp3) is 0.310. The van der Waals surface area contributed by atoms with Crippen LogP contribution in [0.2, 0.25) is 0 Å². The van der Waals surface area contributed by atoms with Crippen LogP contribution in [0, 0.1) is 0 Å². The summed E-state index contributed by atoms with van der Waals surface area (Å²) in [5.74, 6) is -3.67. The third-order valence-corrected chi connectivity index (χ3v) is 9.21. The minimum Gasteiger partial charge on any atom is -0.465 e. The molecular weight excluding hydrogens is 717 g/mol. The number of nitrogens with one attached hydrogen (secondary N) is 1. The number of anilines is 1. The molecule has 1 N–H and O–H groups in total. The Morgan fingerprint density at radius 2 is 1.31 bits per heavy atom. The minimum absolute atomic E-state index is 0.0435. The third-order valence-electron chi connectivity index (χ3n) is 9.21. The first-order chi connectivity index (χ1) is 26.4. The molecule has 4 aromatic rings. The Morgan fingerprint density at radius 3 is 1.93 bits per heavy atom. The van der Waals surface area contributed by atoms with Gasteiger partial charge in [-0.25, -0.2) is 0 Å². The molecule has 5 rings (SSSR count). The topological polar surface area (TPSA) is 128 Å². The number of benzene rings is 4. The van der Waals surface area contributed by atoms with Crippen molar-refractivity contribution in [1.82, 2.24) is 4.90 Å². The number of ether oxygens (including phenoxy) is 3. The first-order valence-electron chi connectivity index (χ1n) is 17.9. The molecular formula is C42H41F3N2O8. The smallest absolute Gasteiger partial charge is 0.416 e. The van der Waals surface area contributed by atoms with Crippen molar-refractivity contribution < 1.29 is 51.4 Å². The molecule has 0 aliphatic carbocycles. The lowest BCUT2D eigenvalue weighted by Gasteiger charge is -2.29. The highest BCUT2D eigenvalue weighted by Gasteiger charge is 2.52. The predicted octanol–water partition coefficient (Wildman–Crippen LogP) is 7.40. The largest absolute Gasteiger partial charge is 0.465 e. The van der Waals surface area contributed by atoms with E-state index in [0.717, 1.165) is 31.4 Å². The van der Waals surface area contributed by atoms with Gasteiger partial charge in [-0.1, -0.05) is 66.7 Å². The lowest BCUT2D eigenvalue weighted by Crippen LogP contribution is -2.50. The van der Waals surface area contributed by atoms with Crippen molar-refractivity contribution in [3.05, 3.63) is 125 Å². The van der Waals surface area contributed by atoms with Gasteiger partial charge in [0.25, 0.3) is 11.8 Å². The van der Waals surface area contributed by atoms with E-state index < -0.39 is 47.6 Å². The molecule has 0 aromatic heterocycles. The van der Waals surface area contributed by atoms with E-state index in [9.17, 15) is 37.1 Å². The molecule has 0 unspecified atom stereocenters. The highest BCUT2D eigenvalue weighted by Crippen LogP contribution is 2.33. The van der Waals surface area contributed by atoms with Crippen molar-refractivity contribution in [2.75, 3.05) is 38.2 Å². The van der Waals surface area contributed by atoms with Gasteiger partial charge in [0.05, 0.1) is 36.4 Å². The summed E-state index contributed by atoms with van der Waals surface area (Å²) in [6.07, 6.45) is -2.33. The zero-order valence-corrected chi connectivity index (χ0v) is 30.4. The molecule has 13 heteroatoms. The lowest BCUT2D eigenvalue weighted by molar-refractivity contribution is -0.170. The van der Waals surface area contributed by atoms with E-state index in [-0.39, 0.29) is 47.9 Å². The second-order valence-corrected chi connectivity index (χ2v) is 12.9. The van der Waals surface area contributed by atoms with Gasteiger partial charge in [-0.05, 0) is 85.7 Å². The number of esters is 3. The normalized spacial score (nSPS) is 13.1. The standard InChI is InChI=1S/C42H41F3N2O8/c1-3-53-39(51)41(40(52)54-4-2,30-13-7-5-8-14-30)27-55-36(48)26-28-17-22-35(34(25-28)38(50)47-23-11-6-12-24-47)46-37(49)33-16-10-9-15-32(33)29-18-20-31(21-19-29)42(43,44)45/h5,7-10,13-22,25H,3-4,6,11-12,23-24,26-27H2,1-2H3,(H,46,49). The Morgan fingerprint density at radius 1 is 0.691 bits per heavy atom. The number of hydrogen-bond acceptors (Lipinski definition) is 8. The second-order valence-electron chi connectivity index (χ2n) is 12.9. The predicted molar refractivity (Wildman–Crippen MR) is 197 cm³/mol. The molecule has 1 heterocycles. The molecule has 2 amide bonds. The molecule has 288 valence electrons. The maximum Gasteiger partial charge on any atom is 0.416 e. The Hall–Kier alpha value is -5.98. The fourth-order valence-corrected chi connectivity index (χ4v) is 6.37. The first kappa shape index (κ1) is 40.2. The Bertz CT molecular complexity index is 1990. The second kappa shape index (κ2) is 17.9. The van der Waals surface area contributed by atoms with Gasteiger partial charge in [-0.3, -0.25) is 24.0 Å². The SMILES string of the molecule is CCOC(=O)C(COC(=O)Cc1ccc(NC(=O)c2ccccc2-c2ccc(C(F)(F)F)cc2)c(C(=O)N2CCCCC2)c1)(C(=O)OCC)c1ccccc1. The summed E-state index contributed by atoms with van der Waals surface area (Å²) in [4.78, 5) is 69.5. The van der Waals surface area contributed by atoms with Crippen LogP contribution in [0.15, 0.2) is 97.1 Å². The van der Waals surface area contributed by atoms with Crippen molar-refractivity contribution in [3.8, 4) is 11.1 Å².